The maximum absolute atomic E-state index is 13.2. The lowest BCUT2D eigenvalue weighted by atomic mass is 10.2. The molecule has 2 aromatic carbocycles. The molecule has 0 fully saturated rings. The maximum Gasteiger partial charge on any atom is 0.288 e. The average Bonchev–Trinajstić information content (AvgIpc) is 2.41. The van der Waals surface area contributed by atoms with E-state index in [9.17, 15) is 14.5 Å². The number of hydrogen-bond donors (Lipinski definition) is 1. The predicted octanol–water partition coefficient (Wildman–Crippen LogP) is 4.65. The van der Waals surface area contributed by atoms with E-state index in [0.717, 1.165) is 0 Å². The number of nitro benzene ring substituents is 1. The van der Waals surface area contributed by atoms with Crippen molar-refractivity contribution < 1.29 is 9.31 Å². The molecule has 20 heavy (non-hydrogen) atoms. The molecule has 0 heterocycles. The van der Waals surface area contributed by atoms with Gasteiger partial charge in [-0.05, 0) is 29.8 Å². The maximum atomic E-state index is 13.2. The lowest BCUT2D eigenvalue weighted by Crippen LogP contribution is -2.01. The molecular formula is C13H9Cl2FN2O2. The Hall–Kier alpha value is -1.85. The first-order valence-corrected chi connectivity index (χ1v) is 6.34. The lowest BCUT2D eigenvalue weighted by Gasteiger charge is -2.07. The number of rotatable bonds is 4. The number of halogens is 3. The Labute approximate surface area is 124 Å². The molecule has 0 unspecified atom stereocenters. The Balaban J connectivity index is 2.12. The fourth-order valence-corrected chi connectivity index (χ4v) is 1.92. The van der Waals surface area contributed by atoms with Crippen LogP contribution in [0.25, 0.3) is 0 Å². The molecule has 0 aliphatic carbocycles. The molecule has 0 aromatic heterocycles. The van der Waals surface area contributed by atoms with Gasteiger partial charge < -0.3 is 5.32 Å². The summed E-state index contributed by atoms with van der Waals surface area (Å²) in [5.41, 5.74) is 1.04. The van der Waals surface area contributed by atoms with E-state index in [2.05, 4.69) is 5.32 Å². The normalized spacial score (nSPS) is 10.3. The van der Waals surface area contributed by atoms with Crippen molar-refractivity contribution in [3.63, 3.8) is 0 Å². The van der Waals surface area contributed by atoms with Gasteiger partial charge in [-0.3, -0.25) is 10.1 Å². The quantitative estimate of drug-likeness (QED) is 0.660. The zero-order valence-electron chi connectivity index (χ0n) is 10.1. The van der Waals surface area contributed by atoms with Gasteiger partial charge >= 0.3 is 0 Å². The van der Waals surface area contributed by atoms with Gasteiger partial charge in [-0.25, -0.2) is 4.39 Å². The highest BCUT2D eigenvalue weighted by Gasteiger charge is 2.12. The van der Waals surface area contributed by atoms with Crippen molar-refractivity contribution in [3.05, 3.63) is 67.9 Å². The summed E-state index contributed by atoms with van der Waals surface area (Å²) in [5.74, 6) is -0.529. The van der Waals surface area contributed by atoms with Crippen LogP contribution in [0, 0.1) is 15.9 Å². The topological polar surface area (TPSA) is 55.2 Å². The number of nitro groups is 1. The van der Waals surface area contributed by atoms with Crippen LogP contribution in [0.3, 0.4) is 0 Å². The summed E-state index contributed by atoms with van der Waals surface area (Å²) in [4.78, 5) is 10.2. The number of hydrogen-bond acceptors (Lipinski definition) is 3. The van der Waals surface area contributed by atoms with Gasteiger partial charge in [0.05, 0.1) is 9.95 Å². The van der Waals surface area contributed by atoms with Gasteiger partial charge in [0.2, 0.25) is 0 Å². The van der Waals surface area contributed by atoms with Crippen molar-refractivity contribution in [1.29, 1.82) is 0 Å². The smallest absolute Gasteiger partial charge is 0.288 e. The first kappa shape index (κ1) is 14.6. The minimum Gasteiger partial charge on any atom is -0.381 e. The summed E-state index contributed by atoms with van der Waals surface area (Å²) in [6.45, 7) is 0.305. The van der Waals surface area contributed by atoms with Crippen molar-refractivity contribution in [2.75, 3.05) is 5.32 Å². The highest BCUT2D eigenvalue weighted by Crippen LogP contribution is 2.25. The number of nitrogens with zero attached hydrogens (tertiary/aromatic N) is 1. The number of benzene rings is 2. The molecule has 0 saturated heterocycles. The van der Waals surface area contributed by atoms with E-state index >= 15 is 0 Å². The van der Waals surface area contributed by atoms with Crippen LogP contribution >= 0.6 is 23.2 Å². The molecule has 0 spiro atoms. The number of anilines is 1. The molecule has 104 valence electrons. The third kappa shape index (κ3) is 3.37. The Morgan fingerprint density at radius 1 is 1.15 bits per heavy atom. The van der Waals surface area contributed by atoms with Gasteiger partial charge in [0.1, 0.15) is 10.8 Å². The fraction of sp³-hybridized carbons (Fsp3) is 0.0769. The summed E-state index contributed by atoms with van der Waals surface area (Å²) in [6, 6.07) is 8.81. The molecule has 0 radical (unpaired) electrons. The SMILES string of the molecule is O=[N+]([O-])c1cc(CNc2ccc(Cl)c(F)c2)ccc1Cl. The number of nitrogens with one attached hydrogen (secondary N) is 1. The van der Waals surface area contributed by atoms with Crippen molar-refractivity contribution in [3.8, 4) is 0 Å². The van der Waals surface area contributed by atoms with Crippen LogP contribution in [0.5, 0.6) is 0 Å². The van der Waals surface area contributed by atoms with Crippen LogP contribution in [0.15, 0.2) is 36.4 Å². The molecule has 0 bridgehead atoms. The Kier molecular flexibility index (Phi) is 4.42. The van der Waals surface area contributed by atoms with Crippen LogP contribution in [0.2, 0.25) is 10.0 Å². The first-order valence-electron chi connectivity index (χ1n) is 5.59. The molecule has 0 saturated carbocycles. The standard InChI is InChI=1S/C13H9Cl2FN2O2/c14-10-4-2-9(6-12(10)16)17-7-8-1-3-11(15)13(5-8)18(19)20/h1-6,17H,7H2. The van der Waals surface area contributed by atoms with Crippen molar-refractivity contribution >= 4 is 34.6 Å². The molecule has 4 nitrogen and oxygen atoms in total. The summed E-state index contributed by atoms with van der Waals surface area (Å²) >= 11 is 11.3. The minimum atomic E-state index is -0.548. The van der Waals surface area contributed by atoms with Gasteiger partial charge in [-0.2, -0.15) is 0 Å². The third-order valence-corrected chi connectivity index (χ3v) is 3.25. The van der Waals surface area contributed by atoms with Crippen LogP contribution in [-0.4, -0.2) is 4.92 Å². The summed E-state index contributed by atoms with van der Waals surface area (Å²) in [6.07, 6.45) is 0. The molecule has 1 N–H and O–H groups in total. The van der Waals surface area contributed by atoms with Gasteiger partial charge in [0, 0.05) is 18.3 Å². The second-order valence-corrected chi connectivity index (χ2v) is 4.84. The molecule has 0 aliphatic heterocycles. The van der Waals surface area contributed by atoms with Crippen LogP contribution in [0.1, 0.15) is 5.56 Å². The van der Waals surface area contributed by atoms with Crippen molar-refractivity contribution in [2.24, 2.45) is 0 Å². The third-order valence-electron chi connectivity index (χ3n) is 2.62. The first-order chi connectivity index (χ1) is 9.47. The summed E-state index contributed by atoms with van der Waals surface area (Å²) < 4.78 is 13.2. The van der Waals surface area contributed by atoms with Crippen LogP contribution < -0.4 is 5.32 Å². The minimum absolute atomic E-state index is 0.0395. The zero-order chi connectivity index (χ0) is 14.7. The monoisotopic (exact) mass is 314 g/mol. The second-order valence-electron chi connectivity index (χ2n) is 4.03. The van der Waals surface area contributed by atoms with E-state index < -0.39 is 10.7 Å². The van der Waals surface area contributed by atoms with Gasteiger partial charge in [0.25, 0.3) is 5.69 Å². The van der Waals surface area contributed by atoms with Crippen molar-refractivity contribution in [2.45, 2.75) is 6.54 Å². The molecule has 2 aromatic rings. The van der Waals surface area contributed by atoms with E-state index in [4.69, 9.17) is 23.2 Å². The van der Waals surface area contributed by atoms with Gasteiger partial charge in [0.15, 0.2) is 0 Å². The largest absolute Gasteiger partial charge is 0.381 e. The van der Waals surface area contributed by atoms with E-state index in [1.165, 1.54) is 24.3 Å². The second kappa shape index (κ2) is 6.07. The summed E-state index contributed by atoms with van der Waals surface area (Å²) in [5, 5.41) is 13.8. The Bertz CT molecular complexity index is 665. The Morgan fingerprint density at radius 2 is 1.85 bits per heavy atom. The molecular weight excluding hydrogens is 306 g/mol. The molecule has 7 heteroatoms. The van der Waals surface area contributed by atoms with E-state index in [-0.39, 0.29) is 15.7 Å². The molecule has 0 amide bonds. The zero-order valence-corrected chi connectivity index (χ0v) is 11.6. The van der Waals surface area contributed by atoms with Crippen LogP contribution in [0.4, 0.5) is 15.8 Å². The molecule has 2 rings (SSSR count). The molecule has 0 aliphatic rings. The Morgan fingerprint density at radius 3 is 2.50 bits per heavy atom. The highest BCUT2D eigenvalue weighted by molar-refractivity contribution is 6.32. The fourth-order valence-electron chi connectivity index (χ4n) is 1.62. The van der Waals surface area contributed by atoms with E-state index in [1.807, 2.05) is 0 Å². The average molecular weight is 315 g/mol. The van der Waals surface area contributed by atoms with E-state index in [1.54, 1.807) is 12.1 Å². The molecule has 0 atom stereocenters. The highest BCUT2D eigenvalue weighted by atomic mass is 35.5. The predicted molar refractivity (Wildman–Crippen MR) is 76.8 cm³/mol. The van der Waals surface area contributed by atoms with Gasteiger partial charge in [-0.15, -0.1) is 0 Å². The van der Waals surface area contributed by atoms with Gasteiger partial charge in [-0.1, -0.05) is 29.3 Å². The van der Waals surface area contributed by atoms with Crippen molar-refractivity contribution in [1.82, 2.24) is 0 Å². The van der Waals surface area contributed by atoms with Crippen LogP contribution in [-0.2, 0) is 6.54 Å². The summed E-state index contributed by atoms with van der Waals surface area (Å²) in [7, 11) is 0. The lowest BCUT2D eigenvalue weighted by molar-refractivity contribution is -0.384. The van der Waals surface area contributed by atoms with E-state index in [0.29, 0.717) is 17.8 Å².